The minimum Gasteiger partial charge on any atom is -0.495 e. The molecule has 4 aromatic rings. The zero-order valence-corrected chi connectivity index (χ0v) is 37.4. The fourth-order valence-corrected chi connectivity index (χ4v) is 8.58. The monoisotopic (exact) mass is 900 g/mol. The predicted octanol–water partition coefficient (Wildman–Crippen LogP) is 5.34. The van der Waals surface area contributed by atoms with Gasteiger partial charge in [0.05, 0.1) is 35.8 Å². The van der Waals surface area contributed by atoms with Crippen LogP contribution >= 0.6 is 18.7 Å². The topological polar surface area (TPSA) is 218 Å². The first-order valence-corrected chi connectivity index (χ1v) is 23.4. The largest absolute Gasteiger partial charge is 0.495 e. The second-order valence-electron chi connectivity index (χ2n) is 15.6. The van der Waals surface area contributed by atoms with Crippen LogP contribution in [0, 0.1) is 6.92 Å². The van der Waals surface area contributed by atoms with E-state index in [-0.39, 0.29) is 41.6 Å². The molecule has 17 nitrogen and oxygen atoms in total. The van der Waals surface area contributed by atoms with Gasteiger partial charge in [0.1, 0.15) is 29.7 Å². The van der Waals surface area contributed by atoms with Crippen molar-refractivity contribution in [1.29, 1.82) is 0 Å². The number of fused-ring (bicyclic) bond motifs is 1. The lowest BCUT2D eigenvalue weighted by Gasteiger charge is -2.27. The minimum absolute atomic E-state index is 0.00124. The molecule has 3 aromatic carbocycles. The highest BCUT2D eigenvalue weighted by atomic mass is 35.5. The first-order chi connectivity index (χ1) is 30.0. The van der Waals surface area contributed by atoms with Crippen LogP contribution in [-0.4, -0.2) is 108 Å². The van der Waals surface area contributed by atoms with Gasteiger partial charge < -0.3 is 34.9 Å². The number of hydrogen-bond donors (Lipinski definition) is 4. The van der Waals surface area contributed by atoms with Crippen LogP contribution in [0.5, 0.6) is 11.5 Å². The lowest BCUT2D eigenvalue weighted by Crippen LogP contribution is -2.54. The average molecular weight is 901 g/mol. The maximum Gasteiger partial charge on any atom is 0.266 e. The Labute approximate surface area is 370 Å². The van der Waals surface area contributed by atoms with Gasteiger partial charge in [-0.3, -0.25) is 39.0 Å². The summed E-state index contributed by atoms with van der Waals surface area (Å²) >= 11 is 6.45. The van der Waals surface area contributed by atoms with Gasteiger partial charge in [-0.05, 0) is 93.5 Å². The summed E-state index contributed by atoms with van der Waals surface area (Å²) in [6, 6.07) is 14.5. The zero-order valence-electron chi connectivity index (χ0n) is 35.7. The van der Waals surface area contributed by atoms with E-state index in [0.29, 0.717) is 78.5 Å². The Morgan fingerprint density at radius 3 is 2.51 bits per heavy atom. The highest BCUT2D eigenvalue weighted by Crippen LogP contribution is 2.39. The molecule has 332 valence electrons. The molecule has 4 N–H and O–H groups in total. The smallest absolute Gasteiger partial charge is 0.266 e. The number of piperidine rings is 1. The molecule has 2 aliphatic heterocycles. The van der Waals surface area contributed by atoms with Gasteiger partial charge in [0.2, 0.25) is 23.7 Å². The fourth-order valence-electron chi connectivity index (χ4n) is 7.29. The van der Waals surface area contributed by atoms with Crippen LogP contribution in [0.4, 0.5) is 23.1 Å². The summed E-state index contributed by atoms with van der Waals surface area (Å²) in [5, 5.41) is 12.3. The molecule has 6 amide bonds. The Morgan fingerprint density at radius 1 is 0.984 bits per heavy atom. The molecule has 1 atom stereocenters. The molecule has 0 radical (unpaired) electrons. The summed E-state index contributed by atoms with van der Waals surface area (Å²) in [4.78, 5) is 87.3. The maximum atomic E-state index is 13.3. The fraction of sp³-hybridized carbons (Fsp3) is 0.364. The number of benzene rings is 3. The Kier molecular flexibility index (Phi) is 14.8. The number of halogens is 1. The molecule has 19 heteroatoms. The highest BCUT2D eigenvalue weighted by Gasteiger charge is 2.46. The average Bonchev–Trinajstić information content (AvgIpc) is 3.50. The molecule has 0 spiro atoms. The van der Waals surface area contributed by atoms with Crippen molar-refractivity contribution >= 4 is 82.6 Å². The predicted molar refractivity (Wildman–Crippen MR) is 238 cm³/mol. The molecule has 6 rings (SSSR count). The molecule has 1 fully saturated rings. The molecule has 1 saturated heterocycles. The van der Waals surface area contributed by atoms with Crippen LogP contribution in [-0.2, 0) is 30.2 Å². The van der Waals surface area contributed by atoms with Crippen molar-refractivity contribution in [2.24, 2.45) is 0 Å². The number of aromatic nitrogens is 2. The van der Waals surface area contributed by atoms with Crippen LogP contribution in [0.25, 0.3) is 0 Å². The number of carbonyl (C=O) groups excluding carboxylic acids is 6. The highest BCUT2D eigenvalue weighted by molar-refractivity contribution is 7.70. The zero-order chi connectivity index (χ0) is 45.4. The Bertz CT molecular complexity index is 2500. The summed E-state index contributed by atoms with van der Waals surface area (Å²) in [6.45, 7) is 5.82. The molecule has 63 heavy (non-hydrogen) atoms. The van der Waals surface area contributed by atoms with Gasteiger partial charge in [-0.15, -0.1) is 0 Å². The van der Waals surface area contributed by atoms with Crippen molar-refractivity contribution in [1.82, 2.24) is 30.4 Å². The molecular weight excluding hydrogens is 851 g/mol. The van der Waals surface area contributed by atoms with E-state index in [1.54, 1.807) is 32.4 Å². The molecular formula is C44H50ClN8O9P. The Balaban J connectivity index is 0.918. The van der Waals surface area contributed by atoms with Crippen molar-refractivity contribution in [3.8, 4) is 11.5 Å². The summed E-state index contributed by atoms with van der Waals surface area (Å²) < 4.78 is 24.2. The number of nitrogens with one attached hydrogen (secondary N) is 4. The number of aryl methyl sites for hydroxylation is 1. The van der Waals surface area contributed by atoms with Gasteiger partial charge in [0.25, 0.3) is 17.7 Å². The van der Waals surface area contributed by atoms with Crippen molar-refractivity contribution < 1.29 is 42.8 Å². The number of carbonyl (C=O) groups is 6. The summed E-state index contributed by atoms with van der Waals surface area (Å²) in [6.07, 6.45) is 4.41. The molecule has 2 aliphatic rings. The molecule has 1 aromatic heterocycles. The summed E-state index contributed by atoms with van der Waals surface area (Å²) in [5.41, 5.74) is 3.28. The quantitative estimate of drug-likeness (QED) is 0.0532. The van der Waals surface area contributed by atoms with E-state index >= 15 is 0 Å². The van der Waals surface area contributed by atoms with E-state index in [9.17, 15) is 33.3 Å². The number of nitrogens with zero attached hydrogens (tertiary/aromatic N) is 4. The first kappa shape index (κ1) is 46.2. The van der Waals surface area contributed by atoms with Crippen molar-refractivity contribution in [2.45, 2.75) is 57.9 Å². The van der Waals surface area contributed by atoms with E-state index < -0.39 is 49.3 Å². The Morgan fingerprint density at radius 2 is 1.76 bits per heavy atom. The van der Waals surface area contributed by atoms with Crippen molar-refractivity contribution in [3.05, 3.63) is 88.1 Å². The van der Waals surface area contributed by atoms with E-state index in [1.807, 2.05) is 43.3 Å². The molecule has 3 heterocycles. The Hall–Kier alpha value is -6.32. The second-order valence-corrected chi connectivity index (χ2v) is 19.2. The van der Waals surface area contributed by atoms with Gasteiger partial charge >= 0.3 is 0 Å². The van der Waals surface area contributed by atoms with Gasteiger partial charge in [0.15, 0.2) is 12.4 Å². The van der Waals surface area contributed by atoms with Crippen LogP contribution in [0.3, 0.4) is 0 Å². The molecule has 0 bridgehead atoms. The van der Waals surface area contributed by atoms with E-state index in [1.165, 1.54) is 24.4 Å². The third-order valence-corrected chi connectivity index (χ3v) is 12.5. The number of anilines is 4. The third-order valence-electron chi connectivity index (χ3n) is 10.7. The van der Waals surface area contributed by atoms with E-state index in [0.717, 1.165) is 16.0 Å². The summed E-state index contributed by atoms with van der Waals surface area (Å²) in [7, 11) is 0.751. The van der Waals surface area contributed by atoms with Crippen LogP contribution in [0.2, 0.25) is 5.02 Å². The van der Waals surface area contributed by atoms with Gasteiger partial charge in [-0.25, -0.2) is 4.98 Å². The number of ether oxygens (including phenoxy) is 2. The van der Waals surface area contributed by atoms with Crippen molar-refractivity contribution in [2.75, 3.05) is 57.8 Å². The normalized spacial score (nSPS) is 14.8. The standard InChI is InChI=1S/C44H50ClN8O9P/c1-26-22-31(49-44-47-24-29(45)40(51-44)48-30-13-8-9-15-35(30)63(4,5)60)34(61-3)23-27(26)19-21-52(2)38(56)16-7-6-10-20-46-37(55)25-62-33-14-11-12-28-39(33)43(59)53(42(28)58)32-17-18-36(54)50-41(32)57/h8-9,11-15,22-24,32H,6-7,10,16-21,25H2,1-5H3,(H,46,55)(H,50,54,57)(H2,47,48,49,51). The van der Waals surface area contributed by atoms with Gasteiger partial charge in [-0.2, -0.15) is 4.98 Å². The molecule has 1 unspecified atom stereocenters. The number of para-hydroxylation sites is 1. The lowest BCUT2D eigenvalue weighted by atomic mass is 10.0. The van der Waals surface area contributed by atoms with Gasteiger partial charge in [0, 0.05) is 38.3 Å². The van der Waals surface area contributed by atoms with Crippen LogP contribution in [0.1, 0.15) is 70.4 Å². The SMILES string of the molecule is COc1cc(CCN(C)C(=O)CCCCCNC(=O)COc2cccc3c2C(=O)N(C2CCC(=O)NC2=O)C3=O)c(C)cc1Nc1ncc(Cl)c(Nc2ccccc2P(C)(C)=O)n1. The third kappa shape index (κ3) is 11.2. The van der Waals surface area contributed by atoms with Gasteiger partial charge in [-0.1, -0.05) is 36.2 Å². The van der Waals surface area contributed by atoms with E-state index in [4.69, 9.17) is 21.1 Å². The number of amides is 6. The van der Waals surface area contributed by atoms with Crippen molar-refractivity contribution in [3.63, 3.8) is 0 Å². The summed E-state index contributed by atoms with van der Waals surface area (Å²) in [5.74, 6) is -1.77. The number of rotatable bonds is 19. The molecule has 0 aliphatic carbocycles. The number of likely N-dealkylation sites (N-methyl/N-ethyl adjacent to an activating group) is 1. The maximum absolute atomic E-state index is 13.3. The molecule has 0 saturated carbocycles. The number of methoxy groups -OCH3 is 1. The minimum atomic E-state index is -2.59. The van der Waals surface area contributed by atoms with Crippen LogP contribution in [0.15, 0.2) is 60.8 Å². The first-order valence-electron chi connectivity index (χ1n) is 20.4. The lowest BCUT2D eigenvalue weighted by molar-refractivity contribution is -0.136. The van der Waals surface area contributed by atoms with Crippen LogP contribution < -0.4 is 36.0 Å². The number of hydrogen-bond acceptors (Lipinski definition) is 13. The number of imide groups is 2. The second kappa shape index (κ2) is 20.2. The van der Waals surface area contributed by atoms with E-state index in [2.05, 4.69) is 31.2 Å². The number of unbranched alkanes of at least 4 members (excludes halogenated alkanes) is 2.